The van der Waals surface area contributed by atoms with Gasteiger partial charge >= 0.3 is 12.1 Å². The van der Waals surface area contributed by atoms with Crippen molar-refractivity contribution in [2.75, 3.05) is 123 Å². The minimum Gasteiger partial charge on any atom is -0.496 e. The van der Waals surface area contributed by atoms with Crippen LogP contribution in [0.15, 0.2) is 60.7 Å². The van der Waals surface area contributed by atoms with Gasteiger partial charge in [-0.05, 0) is 72.9 Å². The van der Waals surface area contributed by atoms with Gasteiger partial charge in [0, 0.05) is 112 Å². The number of fused-ring (bicyclic) bond motifs is 9. The number of carbonyl (C=O) groups is 2. The van der Waals surface area contributed by atoms with E-state index in [9.17, 15) is 34.8 Å². The Morgan fingerprint density at radius 3 is 1.63 bits per heavy atom. The lowest BCUT2D eigenvalue weighted by molar-refractivity contribution is 0.121. The molecule has 8 aliphatic rings. The summed E-state index contributed by atoms with van der Waals surface area (Å²) in [6.45, 7) is 13.6. The molecule has 11 rings (SSSR count). The molecule has 4 atom stereocenters. The van der Waals surface area contributed by atoms with E-state index in [1.807, 2.05) is 46.0 Å². The molecular formula is C49H71N7O9S3. The van der Waals surface area contributed by atoms with Crippen molar-refractivity contribution in [3.05, 3.63) is 60.7 Å². The highest BCUT2D eigenvalue weighted by molar-refractivity contribution is 7.91. The van der Waals surface area contributed by atoms with Gasteiger partial charge in [0.05, 0.1) is 48.0 Å². The van der Waals surface area contributed by atoms with E-state index in [-0.39, 0.29) is 82.9 Å². The zero-order chi connectivity index (χ0) is 49.0. The van der Waals surface area contributed by atoms with E-state index in [2.05, 4.69) is 73.9 Å². The summed E-state index contributed by atoms with van der Waals surface area (Å²) in [5.74, 6) is 1.20. The highest BCUT2D eigenvalue weighted by atomic mass is 32.2. The predicted molar refractivity (Wildman–Crippen MR) is 270 cm³/mol. The molecule has 374 valence electrons. The van der Waals surface area contributed by atoms with E-state index in [0.29, 0.717) is 38.8 Å². The van der Waals surface area contributed by atoms with Gasteiger partial charge in [0.2, 0.25) is 0 Å². The lowest BCUT2D eigenvalue weighted by Crippen LogP contribution is -2.58. The first-order valence-electron chi connectivity index (χ1n) is 24.1. The van der Waals surface area contributed by atoms with Gasteiger partial charge in [-0.1, -0.05) is 52.0 Å². The van der Waals surface area contributed by atoms with E-state index < -0.39 is 29.5 Å². The first-order chi connectivity index (χ1) is 32.0. The Morgan fingerprint density at radius 1 is 0.676 bits per heavy atom. The Balaban J connectivity index is 0.000000184. The Hall–Kier alpha value is -4.49. The molecule has 68 heavy (non-hydrogen) atoms. The van der Waals surface area contributed by atoms with E-state index in [1.54, 1.807) is 16.9 Å². The lowest BCUT2D eigenvalue weighted by atomic mass is 9.74. The van der Waals surface area contributed by atoms with Crippen LogP contribution in [-0.4, -0.2) is 189 Å². The van der Waals surface area contributed by atoms with Crippen molar-refractivity contribution < 1.29 is 39.6 Å². The SMILES string of the molecule is CN(CCS(C)(=O)=O)c1ccc(N2CC3CC(C)(C)C2CCN3C(=O)N2CCS(=O)(=O)CC2)cc1.COc1ccc(N2CC3CC(C)(C)C2CCN3C(=O)N2CCS(=O)(=O)CC2)c2ccccc12. The molecule has 0 aliphatic carbocycles. The molecule has 4 amide bonds. The van der Waals surface area contributed by atoms with Gasteiger partial charge in [0.15, 0.2) is 19.7 Å². The number of sulfone groups is 3. The third kappa shape index (κ3) is 10.6. The van der Waals surface area contributed by atoms with E-state index in [1.165, 1.54) is 17.3 Å². The Kier molecular flexibility index (Phi) is 14.0. The van der Waals surface area contributed by atoms with Crippen LogP contribution in [0.1, 0.15) is 53.4 Å². The zero-order valence-corrected chi connectivity index (χ0v) is 43.3. The standard InChI is InChI=1S/C25H33N3O4S.C24H38N4O5S2/c1-25(2)16-18-17-28(21-8-9-22(32-3)20-7-5-4-6-19(20)21)23(25)10-11-27(18)24(29)26-12-14-33(30,31)15-13-26;1-24(2)17-21-18-28(20-7-5-19(6-8-20)25(3)11-14-34(4,30)31)22(24)9-10-27(21)23(29)26-12-15-35(32,33)16-13-26/h4-9,18,23H,10-17H2,1-3H3;5-8,21-22H,9-18H2,1-4H3. The first kappa shape index (κ1) is 49.9. The second kappa shape index (κ2) is 19.0. The largest absolute Gasteiger partial charge is 0.496 e. The summed E-state index contributed by atoms with van der Waals surface area (Å²) in [5, 5.41) is 2.26. The molecule has 4 unspecified atom stereocenters. The molecule has 8 fully saturated rings. The number of hydrogen-bond acceptors (Lipinski definition) is 12. The molecular weight excluding hydrogens is 927 g/mol. The van der Waals surface area contributed by atoms with Crippen molar-refractivity contribution in [3.63, 3.8) is 0 Å². The Morgan fingerprint density at radius 2 is 1.15 bits per heavy atom. The second-order valence-electron chi connectivity index (χ2n) is 21.2. The fourth-order valence-electron chi connectivity index (χ4n) is 11.8. The third-order valence-electron chi connectivity index (χ3n) is 15.6. The summed E-state index contributed by atoms with van der Waals surface area (Å²) in [6.07, 6.45) is 4.86. The smallest absolute Gasteiger partial charge is 0.320 e. The van der Waals surface area contributed by atoms with Crippen LogP contribution in [0.3, 0.4) is 0 Å². The number of rotatable bonds is 7. The van der Waals surface area contributed by atoms with E-state index >= 15 is 0 Å². The van der Waals surface area contributed by atoms with Crippen molar-refractivity contribution in [3.8, 4) is 5.75 Å². The summed E-state index contributed by atoms with van der Waals surface area (Å²) >= 11 is 0. The summed E-state index contributed by atoms with van der Waals surface area (Å²) in [4.78, 5) is 41.2. The molecule has 8 heterocycles. The highest BCUT2D eigenvalue weighted by Gasteiger charge is 2.50. The number of methoxy groups -OCH3 is 1. The maximum absolute atomic E-state index is 13.5. The van der Waals surface area contributed by atoms with E-state index in [4.69, 9.17) is 4.74 Å². The molecule has 0 saturated carbocycles. The van der Waals surface area contributed by atoms with Gasteiger partial charge < -0.3 is 39.0 Å². The average Bonchev–Trinajstić information content (AvgIpc) is 3.70. The Bertz CT molecular complexity index is 2670. The number of amides is 4. The number of anilines is 3. The molecule has 3 aromatic rings. The third-order valence-corrected chi connectivity index (χ3v) is 19.7. The molecule has 0 spiro atoms. The molecule has 0 radical (unpaired) electrons. The summed E-state index contributed by atoms with van der Waals surface area (Å²) < 4.78 is 76.0. The first-order valence-corrected chi connectivity index (χ1v) is 29.8. The summed E-state index contributed by atoms with van der Waals surface area (Å²) in [5.41, 5.74) is 3.32. The fraction of sp³-hybridized carbons (Fsp3) is 0.633. The second-order valence-corrected chi connectivity index (χ2v) is 28.1. The van der Waals surface area contributed by atoms with Gasteiger partial charge in [-0.2, -0.15) is 0 Å². The van der Waals surface area contributed by atoms with Gasteiger partial charge in [0.1, 0.15) is 15.6 Å². The van der Waals surface area contributed by atoms with Crippen molar-refractivity contribution >= 4 is 69.4 Å². The van der Waals surface area contributed by atoms with Gasteiger partial charge in [-0.3, -0.25) is 0 Å². The zero-order valence-electron chi connectivity index (χ0n) is 40.8. The minimum absolute atomic E-state index is 0.00668. The molecule has 3 aromatic carbocycles. The number of urea groups is 2. The molecule has 19 heteroatoms. The quantitative estimate of drug-likeness (QED) is 0.309. The predicted octanol–water partition coefficient (Wildman–Crippen LogP) is 5.08. The highest BCUT2D eigenvalue weighted by Crippen LogP contribution is 2.47. The molecule has 0 N–H and O–H groups in total. The number of hydrogen-bond donors (Lipinski definition) is 0. The monoisotopic (exact) mass is 997 g/mol. The molecule has 16 nitrogen and oxygen atoms in total. The normalized spacial score (nSPS) is 26.1. The van der Waals surface area contributed by atoms with Gasteiger partial charge in [0.25, 0.3) is 0 Å². The number of carbonyl (C=O) groups excluding carboxylic acids is 2. The maximum Gasteiger partial charge on any atom is 0.320 e. The van der Waals surface area contributed by atoms with Crippen molar-refractivity contribution in [2.24, 2.45) is 10.8 Å². The number of benzene rings is 3. The molecule has 4 bridgehead atoms. The summed E-state index contributed by atoms with van der Waals surface area (Å²) in [7, 11) is -5.47. The minimum atomic E-state index is -3.04. The fourth-order valence-corrected chi connectivity index (χ4v) is 14.8. The number of nitrogens with zero attached hydrogens (tertiary/aromatic N) is 7. The van der Waals surface area contributed by atoms with E-state index in [0.717, 1.165) is 61.3 Å². The van der Waals surface area contributed by atoms with Crippen LogP contribution in [0.5, 0.6) is 5.75 Å². The van der Waals surface area contributed by atoms with Crippen LogP contribution in [0.25, 0.3) is 10.8 Å². The topological polar surface area (TPSA) is 168 Å². The van der Waals surface area contributed by atoms with Crippen LogP contribution in [0, 0.1) is 10.8 Å². The molecule has 0 aromatic heterocycles. The Labute approximate surface area is 404 Å². The van der Waals surface area contributed by atoms with Crippen LogP contribution in [0.4, 0.5) is 26.7 Å². The number of piperidine rings is 2. The van der Waals surface area contributed by atoms with Crippen LogP contribution >= 0.6 is 0 Å². The van der Waals surface area contributed by atoms with Gasteiger partial charge in [-0.15, -0.1) is 0 Å². The molecule has 8 saturated heterocycles. The average molecular weight is 998 g/mol. The van der Waals surface area contributed by atoms with Crippen LogP contribution < -0.4 is 19.4 Å². The lowest BCUT2D eigenvalue weighted by Gasteiger charge is -2.49. The summed E-state index contributed by atoms with van der Waals surface area (Å²) in [6, 6.07) is 21.5. The van der Waals surface area contributed by atoms with Crippen LogP contribution in [0.2, 0.25) is 0 Å². The molecule has 8 aliphatic heterocycles. The maximum atomic E-state index is 13.5. The van der Waals surface area contributed by atoms with Crippen LogP contribution in [-0.2, 0) is 29.5 Å². The van der Waals surface area contributed by atoms with Gasteiger partial charge in [-0.25, -0.2) is 34.8 Å². The van der Waals surface area contributed by atoms with Crippen molar-refractivity contribution in [2.45, 2.75) is 77.5 Å². The van der Waals surface area contributed by atoms with Crippen molar-refractivity contribution in [1.82, 2.24) is 19.6 Å². The number of ether oxygens (including phenoxy) is 1. The van der Waals surface area contributed by atoms with Crippen molar-refractivity contribution in [1.29, 1.82) is 0 Å².